The third-order valence-corrected chi connectivity index (χ3v) is 6.08. The van der Waals surface area contributed by atoms with Gasteiger partial charge in [-0.3, -0.25) is 4.79 Å². The third kappa shape index (κ3) is 2.79. The molecule has 0 radical (unpaired) electrons. The number of hydrogen-bond acceptors (Lipinski definition) is 3. The number of rotatable bonds is 1. The monoisotopic (exact) mass is 401 g/mol. The Bertz CT molecular complexity index is 591. The number of hydrogen-bond donors (Lipinski definition) is 1. The maximum absolute atomic E-state index is 12.3. The van der Waals surface area contributed by atoms with Gasteiger partial charge in [0.2, 0.25) is 0 Å². The summed E-state index contributed by atoms with van der Waals surface area (Å²) in [6.07, 6.45) is 4.83. The maximum Gasteiger partial charge on any atom is 0.264 e. The van der Waals surface area contributed by atoms with Gasteiger partial charge in [-0.2, -0.15) is 0 Å². The van der Waals surface area contributed by atoms with E-state index in [0.717, 1.165) is 27.9 Å². The minimum atomic E-state index is -0.0933. The van der Waals surface area contributed by atoms with Gasteiger partial charge in [0.25, 0.3) is 5.56 Å². The van der Waals surface area contributed by atoms with Crippen molar-refractivity contribution >= 4 is 22.6 Å². The smallest absolute Gasteiger partial charge is 0.264 e. The molecule has 2 fully saturated rings. The van der Waals surface area contributed by atoms with Crippen LogP contribution in [-0.2, 0) is 5.41 Å². The lowest BCUT2D eigenvalue weighted by molar-refractivity contribution is 0.158. The van der Waals surface area contributed by atoms with E-state index in [1.54, 1.807) is 0 Å². The molecule has 1 N–H and O–H groups in total. The Kier molecular flexibility index (Phi) is 3.93. The fourth-order valence-electron chi connectivity index (χ4n) is 3.80. The molecule has 1 aromatic heterocycles. The van der Waals surface area contributed by atoms with Gasteiger partial charge in [0.1, 0.15) is 9.39 Å². The summed E-state index contributed by atoms with van der Waals surface area (Å²) in [6, 6.07) is 1.33. The largest absolute Gasteiger partial charge is 0.309 e. The first-order chi connectivity index (χ1) is 9.77. The van der Waals surface area contributed by atoms with Crippen molar-refractivity contribution in [1.82, 2.24) is 14.9 Å². The Morgan fingerprint density at radius 3 is 2.33 bits per heavy atom. The Morgan fingerprint density at radius 1 is 1.24 bits per heavy atom. The van der Waals surface area contributed by atoms with Gasteiger partial charge < -0.3 is 9.88 Å². The molecule has 2 saturated heterocycles. The van der Waals surface area contributed by atoms with E-state index in [2.05, 4.69) is 60.3 Å². The van der Waals surface area contributed by atoms with E-state index in [4.69, 9.17) is 4.98 Å². The highest BCUT2D eigenvalue weighted by atomic mass is 127. The van der Waals surface area contributed by atoms with E-state index in [1.807, 2.05) is 0 Å². The number of nitrogens with one attached hydrogen (secondary N) is 1. The van der Waals surface area contributed by atoms with Crippen LogP contribution in [0.2, 0.25) is 0 Å². The van der Waals surface area contributed by atoms with E-state index in [9.17, 15) is 4.79 Å². The van der Waals surface area contributed by atoms with E-state index < -0.39 is 0 Å². The summed E-state index contributed by atoms with van der Waals surface area (Å²) >= 11 is 2.13. The molecule has 0 spiro atoms. The zero-order valence-corrected chi connectivity index (χ0v) is 15.4. The predicted octanol–water partition coefficient (Wildman–Crippen LogP) is 3.01. The molecule has 3 heterocycles. The van der Waals surface area contributed by atoms with Crippen LogP contribution in [0.5, 0.6) is 0 Å². The zero-order chi connectivity index (χ0) is 15.4. The molecule has 0 saturated carbocycles. The van der Waals surface area contributed by atoms with Gasteiger partial charge in [-0.25, -0.2) is 4.98 Å². The van der Waals surface area contributed by atoms with Gasteiger partial charge in [-0.15, -0.1) is 0 Å². The van der Waals surface area contributed by atoms with Crippen LogP contribution < -0.4 is 5.56 Å². The van der Waals surface area contributed by atoms with E-state index >= 15 is 0 Å². The van der Waals surface area contributed by atoms with Gasteiger partial charge in [0.05, 0.1) is 5.69 Å². The first-order valence-corrected chi connectivity index (χ1v) is 8.87. The molecule has 5 heteroatoms. The normalized spacial score (nSPS) is 29.9. The highest BCUT2D eigenvalue weighted by Crippen LogP contribution is 2.41. The zero-order valence-electron chi connectivity index (χ0n) is 13.2. The van der Waals surface area contributed by atoms with Gasteiger partial charge in [0.15, 0.2) is 0 Å². The average Bonchev–Trinajstić information content (AvgIpc) is 2.63. The second kappa shape index (κ2) is 5.33. The molecule has 21 heavy (non-hydrogen) atoms. The molecule has 2 atom stereocenters. The van der Waals surface area contributed by atoms with Crippen LogP contribution >= 0.6 is 22.6 Å². The molecule has 1 aromatic rings. The summed E-state index contributed by atoms with van der Waals surface area (Å²) in [7, 11) is 2.24. The summed E-state index contributed by atoms with van der Waals surface area (Å²) in [6.45, 7) is 6.37. The number of aromatic nitrogens is 2. The number of nitrogens with zero attached hydrogens (tertiary/aromatic N) is 2. The Balaban J connectivity index is 1.97. The molecule has 3 rings (SSSR count). The molecule has 0 aromatic carbocycles. The van der Waals surface area contributed by atoms with Gasteiger partial charge in [-0.1, -0.05) is 20.8 Å². The van der Waals surface area contributed by atoms with Crippen molar-refractivity contribution < 1.29 is 0 Å². The van der Waals surface area contributed by atoms with Crippen LogP contribution in [0.25, 0.3) is 0 Å². The van der Waals surface area contributed by atoms with Crippen molar-refractivity contribution in [2.75, 3.05) is 7.05 Å². The third-order valence-electron chi connectivity index (χ3n) is 5.08. The predicted molar refractivity (Wildman–Crippen MR) is 92.8 cm³/mol. The Labute approximate surface area is 139 Å². The van der Waals surface area contributed by atoms with E-state index in [-0.39, 0.29) is 11.0 Å². The van der Waals surface area contributed by atoms with E-state index in [1.165, 1.54) is 12.8 Å². The number of aromatic amines is 1. The fraction of sp³-hybridized carbons (Fsp3) is 0.750. The standard InChI is InChI=1S/C16H24IN3O/c1-16(2,3)13-12(17)15(21)19-14(18-13)9-7-10-5-6-11(8-9)20(10)4/h9-11H,5-8H2,1-4H3,(H,18,19,21). The molecule has 4 nitrogen and oxygen atoms in total. The van der Waals surface area contributed by atoms with Crippen molar-refractivity contribution in [3.05, 3.63) is 25.4 Å². The molecule has 2 bridgehead atoms. The summed E-state index contributed by atoms with van der Waals surface area (Å²) in [5.74, 6) is 1.32. The van der Waals surface area contributed by atoms with E-state index in [0.29, 0.717) is 18.0 Å². The van der Waals surface area contributed by atoms with Crippen molar-refractivity contribution in [2.24, 2.45) is 0 Å². The average molecular weight is 401 g/mol. The quantitative estimate of drug-likeness (QED) is 0.737. The number of H-pyrrole nitrogens is 1. The van der Waals surface area contributed by atoms with Gasteiger partial charge in [0, 0.05) is 23.4 Å². The first-order valence-electron chi connectivity index (χ1n) is 7.79. The molecular formula is C16H24IN3O. The molecule has 116 valence electrons. The number of piperidine rings is 1. The summed E-state index contributed by atoms with van der Waals surface area (Å²) in [5, 5.41) is 0. The van der Waals surface area contributed by atoms with Crippen LogP contribution in [0.15, 0.2) is 4.79 Å². The van der Waals surface area contributed by atoms with Crippen molar-refractivity contribution in [3.63, 3.8) is 0 Å². The Morgan fingerprint density at radius 2 is 1.81 bits per heavy atom. The topological polar surface area (TPSA) is 49.0 Å². The van der Waals surface area contributed by atoms with Crippen LogP contribution in [0, 0.1) is 3.57 Å². The van der Waals surface area contributed by atoms with Gasteiger partial charge >= 0.3 is 0 Å². The SMILES string of the molecule is CN1C2CCC1CC(c1nc(C(C)(C)C)c(I)c(=O)[nH]1)C2. The number of halogens is 1. The minimum Gasteiger partial charge on any atom is -0.309 e. The van der Waals surface area contributed by atoms with Gasteiger partial charge in [-0.05, 0) is 55.3 Å². The molecule has 2 unspecified atom stereocenters. The summed E-state index contributed by atoms with van der Waals surface area (Å²) < 4.78 is 0.736. The van der Waals surface area contributed by atoms with Crippen molar-refractivity contribution in [2.45, 2.75) is 69.9 Å². The molecular weight excluding hydrogens is 377 g/mol. The van der Waals surface area contributed by atoms with Crippen LogP contribution in [-0.4, -0.2) is 34.0 Å². The number of fused-ring (bicyclic) bond motifs is 2. The molecule has 2 aliphatic heterocycles. The lowest BCUT2D eigenvalue weighted by Gasteiger charge is -2.36. The highest BCUT2D eigenvalue weighted by molar-refractivity contribution is 14.1. The minimum absolute atomic E-state index is 0.0248. The van der Waals surface area contributed by atoms with Crippen LogP contribution in [0.4, 0.5) is 0 Å². The Hall–Kier alpha value is -0.430. The maximum atomic E-state index is 12.3. The molecule has 0 amide bonds. The lowest BCUT2D eigenvalue weighted by Crippen LogP contribution is -2.40. The van der Waals surface area contributed by atoms with Crippen LogP contribution in [0.1, 0.15) is 63.9 Å². The second-order valence-electron chi connectivity index (χ2n) is 7.58. The van der Waals surface area contributed by atoms with Crippen LogP contribution in [0.3, 0.4) is 0 Å². The fourth-order valence-corrected chi connectivity index (χ4v) is 4.87. The second-order valence-corrected chi connectivity index (χ2v) is 8.66. The van der Waals surface area contributed by atoms with Crippen molar-refractivity contribution in [1.29, 1.82) is 0 Å². The summed E-state index contributed by atoms with van der Waals surface area (Å²) in [5.41, 5.74) is 0.870. The van der Waals surface area contributed by atoms with Crippen molar-refractivity contribution in [3.8, 4) is 0 Å². The first kappa shape index (κ1) is 15.5. The summed E-state index contributed by atoms with van der Waals surface area (Å²) in [4.78, 5) is 22.7. The lowest BCUT2D eigenvalue weighted by atomic mass is 9.89. The molecule has 0 aliphatic carbocycles. The molecule has 2 aliphatic rings. The highest BCUT2D eigenvalue weighted by Gasteiger charge is 2.40.